The Hall–Kier alpha value is -2.13. The SMILES string of the molecule is NC(c1ccccc1)C1CC(=O)N(CCc2ccccc2)C1. The molecule has 0 saturated carbocycles. The molecule has 3 rings (SSSR count). The summed E-state index contributed by atoms with van der Waals surface area (Å²) < 4.78 is 0. The number of amides is 1. The zero-order valence-electron chi connectivity index (χ0n) is 12.7. The lowest BCUT2D eigenvalue weighted by Gasteiger charge is -2.20. The lowest BCUT2D eigenvalue weighted by Crippen LogP contribution is -2.29. The van der Waals surface area contributed by atoms with Gasteiger partial charge in [-0.1, -0.05) is 60.7 Å². The summed E-state index contributed by atoms with van der Waals surface area (Å²) in [6.07, 6.45) is 1.46. The standard InChI is InChI=1S/C19H22N2O/c20-19(16-9-5-2-6-10-16)17-13-18(22)21(14-17)12-11-15-7-3-1-4-8-15/h1-10,17,19H,11-14,20H2. The van der Waals surface area contributed by atoms with Gasteiger partial charge in [-0.05, 0) is 17.5 Å². The van der Waals surface area contributed by atoms with Crippen molar-refractivity contribution in [2.75, 3.05) is 13.1 Å². The van der Waals surface area contributed by atoms with Gasteiger partial charge in [0.25, 0.3) is 0 Å². The normalized spacial score (nSPS) is 19.4. The van der Waals surface area contributed by atoms with Crippen molar-refractivity contribution in [3.8, 4) is 0 Å². The van der Waals surface area contributed by atoms with Gasteiger partial charge in [0.2, 0.25) is 5.91 Å². The fourth-order valence-corrected chi connectivity index (χ4v) is 3.12. The van der Waals surface area contributed by atoms with Gasteiger partial charge in [-0.25, -0.2) is 0 Å². The molecule has 22 heavy (non-hydrogen) atoms. The Kier molecular flexibility index (Phi) is 4.54. The molecule has 0 radical (unpaired) electrons. The van der Waals surface area contributed by atoms with E-state index in [0.29, 0.717) is 6.42 Å². The van der Waals surface area contributed by atoms with Gasteiger partial charge in [-0.15, -0.1) is 0 Å². The van der Waals surface area contributed by atoms with Crippen molar-refractivity contribution in [2.45, 2.75) is 18.9 Å². The Labute approximate surface area is 131 Å². The Morgan fingerprint density at radius 1 is 1.05 bits per heavy atom. The van der Waals surface area contributed by atoms with E-state index in [9.17, 15) is 4.79 Å². The molecule has 1 fully saturated rings. The van der Waals surface area contributed by atoms with Crippen molar-refractivity contribution in [3.05, 3.63) is 71.8 Å². The number of nitrogens with zero attached hydrogens (tertiary/aromatic N) is 1. The largest absolute Gasteiger partial charge is 0.342 e. The van der Waals surface area contributed by atoms with Crippen molar-refractivity contribution < 1.29 is 4.79 Å². The monoisotopic (exact) mass is 294 g/mol. The molecular weight excluding hydrogens is 272 g/mol. The molecule has 1 aliphatic rings. The van der Waals surface area contributed by atoms with E-state index in [4.69, 9.17) is 5.73 Å². The maximum absolute atomic E-state index is 12.2. The van der Waals surface area contributed by atoms with E-state index in [-0.39, 0.29) is 17.9 Å². The van der Waals surface area contributed by atoms with Crippen LogP contribution < -0.4 is 5.73 Å². The van der Waals surface area contributed by atoms with Crippen LogP contribution in [0.5, 0.6) is 0 Å². The summed E-state index contributed by atoms with van der Waals surface area (Å²) in [5.41, 5.74) is 8.74. The third kappa shape index (κ3) is 3.37. The van der Waals surface area contributed by atoms with E-state index in [1.807, 2.05) is 53.4 Å². The van der Waals surface area contributed by atoms with Crippen molar-refractivity contribution >= 4 is 5.91 Å². The van der Waals surface area contributed by atoms with Crippen molar-refractivity contribution in [2.24, 2.45) is 11.7 Å². The van der Waals surface area contributed by atoms with Gasteiger partial charge < -0.3 is 10.6 Å². The molecule has 0 aliphatic carbocycles. The lowest BCUT2D eigenvalue weighted by atomic mass is 9.93. The predicted octanol–water partition coefficient (Wildman–Crippen LogP) is 2.78. The summed E-state index contributed by atoms with van der Waals surface area (Å²) in [5.74, 6) is 0.443. The number of nitrogens with two attached hydrogens (primary N) is 1. The highest BCUT2D eigenvalue weighted by Gasteiger charge is 2.33. The Balaban J connectivity index is 1.59. The molecule has 2 N–H and O–H groups in total. The lowest BCUT2D eigenvalue weighted by molar-refractivity contribution is -0.127. The molecule has 2 unspecified atom stereocenters. The van der Waals surface area contributed by atoms with Crippen LogP contribution in [-0.4, -0.2) is 23.9 Å². The summed E-state index contributed by atoms with van der Waals surface area (Å²) >= 11 is 0. The van der Waals surface area contributed by atoms with Crippen LogP contribution in [0.25, 0.3) is 0 Å². The fraction of sp³-hybridized carbons (Fsp3) is 0.316. The number of likely N-dealkylation sites (tertiary alicyclic amines) is 1. The number of benzene rings is 2. The average Bonchev–Trinajstić information content (AvgIpc) is 2.95. The molecular formula is C19H22N2O. The minimum atomic E-state index is -0.0631. The van der Waals surface area contributed by atoms with Gasteiger partial charge in [0.15, 0.2) is 0 Å². The summed E-state index contributed by atoms with van der Waals surface area (Å²) in [6, 6.07) is 20.3. The second kappa shape index (κ2) is 6.75. The first kappa shape index (κ1) is 14.8. The Bertz CT molecular complexity index is 612. The smallest absolute Gasteiger partial charge is 0.223 e. The Morgan fingerprint density at radius 3 is 2.36 bits per heavy atom. The third-order valence-electron chi connectivity index (χ3n) is 4.45. The molecule has 3 heteroatoms. The molecule has 3 nitrogen and oxygen atoms in total. The van der Waals surface area contributed by atoms with Crippen LogP contribution in [0.1, 0.15) is 23.6 Å². The molecule has 1 saturated heterocycles. The minimum absolute atomic E-state index is 0.0631. The summed E-state index contributed by atoms with van der Waals surface area (Å²) in [6.45, 7) is 1.54. The van der Waals surface area contributed by atoms with E-state index in [2.05, 4.69) is 12.1 Å². The molecule has 1 heterocycles. The molecule has 0 spiro atoms. The van der Waals surface area contributed by atoms with Crippen LogP contribution in [0.15, 0.2) is 60.7 Å². The van der Waals surface area contributed by atoms with Gasteiger partial charge in [-0.3, -0.25) is 4.79 Å². The quantitative estimate of drug-likeness (QED) is 0.921. The second-order valence-electron chi connectivity index (χ2n) is 5.98. The minimum Gasteiger partial charge on any atom is -0.342 e. The van der Waals surface area contributed by atoms with Gasteiger partial charge >= 0.3 is 0 Å². The molecule has 1 amide bonds. The molecule has 1 aliphatic heterocycles. The van der Waals surface area contributed by atoms with E-state index in [1.165, 1.54) is 5.56 Å². The highest BCUT2D eigenvalue weighted by atomic mass is 16.2. The molecule has 2 aromatic carbocycles. The first-order valence-electron chi connectivity index (χ1n) is 7.86. The summed E-state index contributed by atoms with van der Waals surface area (Å²) in [5, 5.41) is 0. The average molecular weight is 294 g/mol. The molecule has 2 atom stereocenters. The Morgan fingerprint density at radius 2 is 1.68 bits per heavy atom. The van der Waals surface area contributed by atoms with E-state index in [1.54, 1.807) is 0 Å². The van der Waals surface area contributed by atoms with Crippen LogP contribution in [0.2, 0.25) is 0 Å². The van der Waals surface area contributed by atoms with Crippen molar-refractivity contribution in [3.63, 3.8) is 0 Å². The van der Waals surface area contributed by atoms with Gasteiger partial charge in [-0.2, -0.15) is 0 Å². The number of carbonyl (C=O) groups excluding carboxylic acids is 1. The summed E-state index contributed by atoms with van der Waals surface area (Å²) in [4.78, 5) is 14.2. The van der Waals surface area contributed by atoms with E-state index < -0.39 is 0 Å². The van der Waals surface area contributed by atoms with E-state index >= 15 is 0 Å². The maximum atomic E-state index is 12.2. The maximum Gasteiger partial charge on any atom is 0.223 e. The van der Waals surface area contributed by atoms with Crippen LogP contribution in [-0.2, 0) is 11.2 Å². The first-order valence-corrected chi connectivity index (χ1v) is 7.86. The van der Waals surface area contributed by atoms with Crippen LogP contribution >= 0.6 is 0 Å². The fourth-order valence-electron chi connectivity index (χ4n) is 3.12. The number of hydrogen-bond donors (Lipinski definition) is 1. The molecule has 0 aromatic heterocycles. The number of carbonyl (C=O) groups is 1. The molecule has 114 valence electrons. The first-order chi connectivity index (χ1) is 10.7. The number of hydrogen-bond acceptors (Lipinski definition) is 2. The van der Waals surface area contributed by atoms with Gasteiger partial charge in [0, 0.05) is 31.5 Å². The third-order valence-corrected chi connectivity index (χ3v) is 4.45. The zero-order chi connectivity index (χ0) is 15.4. The van der Waals surface area contributed by atoms with Crippen LogP contribution in [0.3, 0.4) is 0 Å². The van der Waals surface area contributed by atoms with Crippen LogP contribution in [0, 0.1) is 5.92 Å². The predicted molar refractivity (Wildman–Crippen MR) is 88.2 cm³/mol. The van der Waals surface area contributed by atoms with Crippen molar-refractivity contribution in [1.82, 2.24) is 4.90 Å². The van der Waals surface area contributed by atoms with Gasteiger partial charge in [0.05, 0.1) is 0 Å². The van der Waals surface area contributed by atoms with Crippen molar-refractivity contribution in [1.29, 1.82) is 0 Å². The topological polar surface area (TPSA) is 46.3 Å². The van der Waals surface area contributed by atoms with Gasteiger partial charge in [0.1, 0.15) is 0 Å². The highest BCUT2D eigenvalue weighted by Crippen LogP contribution is 2.29. The molecule has 2 aromatic rings. The number of rotatable bonds is 5. The second-order valence-corrected chi connectivity index (χ2v) is 5.98. The summed E-state index contributed by atoms with van der Waals surface area (Å²) in [7, 11) is 0. The van der Waals surface area contributed by atoms with E-state index in [0.717, 1.165) is 25.1 Å². The zero-order valence-corrected chi connectivity index (χ0v) is 12.7. The molecule has 0 bridgehead atoms. The van der Waals surface area contributed by atoms with Crippen LogP contribution in [0.4, 0.5) is 0 Å². The highest BCUT2D eigenvalue weighted by molar-refractivity contribution is 5.78.